The molecule has 0 spiro atoms. The van der Waals surface area contributed by atoms with Gasteiger partial charge in [-0.1, -0.05) is 25.5 Å². The van der Waals surface area contributed by atoms with Crippen molar-refractivity contribution in [1.29, 1.82) is 0 Å². The zero-order valence-electron chi connectivity index (χ0n) is 10.1. The average molecular weight is 259 g/mol. The van der Waals surface area contributed by atoms with Crippen LogP contribution in [-0.2, 0) is 0 Å². The summed E-state index contributed by atoms with van der Waals surface area (Å²) in [5.74, 6) is 0.447. The van der Waals surface area contributed by atoms with E-state index in [2.05, 4.69) is 4.74 Å². The fourth-order valence-corrected chi connectivity index (χ4v) is 2.66. The van der Waals surface area contributed by atoms with Crippen molar-refractivity contribution in [3.05, 3.63) is 29.8 Å². The Labute approximate surface area is 104 Å². The lowest BCUT2D eigenvalue weighted by atomic mass is 9.65. The minimum Gasteiger partial charge on any atom is -0.406 e. The van der Waals surface area contributed by atoms with Crippen molar-refractivity contribution in [2.45, 2.75) is 38.1 Å². The Morgan fingerprint density at radius 3 is 2.67 bits per heavy atom. The van der Waals surface area contributed by atoms with E-state index in [4.69, 9.17) is 5.73 Å². The molecule has 18 heavy (non-hydrogen) atoms. The molecular formula is C13H16F3NO. The largest absolute Gasteiger partial charge is 0.573 e. The Bertz CT molecular complexity index is 419. The molecule has 0 bridgehead atoms. The van der Waals surface area contributed by atoms with Gasteiger partial charge >= 0.3 is 6.36 Å². The van der Waals surface area contributed by atoms with Gasteiger partial charge in [-0.3, -0.25) is 0 Å². The molecule has 5 heteroatoms. The van der Waals surface area contributed by atoms with Gasteiger partial charge in [-0.05, 0) is 36.0 Å². The van der Waals surface area contributed by atoms with Crippen molar-refractivity contribution >= 4 is 0 Å². The van der Waals surface area contributed by atoms with Crippen molar-refractivity contribution in [3.63, 3.8) is 0 Å². The van der Waals surface area contributed by atoms with Crippen LogP contribution in [0.15, 0.2) is 24.3 Å². The SMILES string of the molecule is CCC1C(N)CC1c1cccc(OC(F)(F)F)c1. The van der Waals surface area contributed by atoms with Crippen LogP contribution in [-0.4, -0.2) is 12.4 Å². The van der Waals surface area contributed by atoms with Gasteiger partial charge in [0.1, 0.15) is 5.75 Å². The Morgan fingerprint density at radius 2 is 2.11 bits per heavy atom. The first kappa shape index (κ1) is 13.2. The molecule has 1 fully saturated rings. The van der Waals surface area contributed by atoms with Gasteiger partial charge < -0.3 is 10.5 Å². The topological polar surface area (TPSA) is 35.2 Å². The third-order valence-electron chi connectivity index (χ3n) is 3.58. The quantitative estimate of drug-likeness (QED) is 0.902. The number of ether oxygens (including phenoxy) is 1. The Balaban J connectivity index is 2.13. The lowest BCUT2D eigenvalue weighted by molar-refractivity contribution is -0.274. The molecule has 0 radical (unpaired) electrons. The Morgan fingerprint density at radius 1 is 1.39 bits per heavy atom. The molecule has 3 atom stereocenters. The maximum Gasteiger partial charge on any atom is 0.573 e. The first-order valence-corrected chi connectivity index (χ1v) is 6.02. The highest BCUT2D eigenvalue weighted by Crippen LogP contribution is 2.44. The molecule has 1 saturated carbocycles. The first-order valence-electron chi connectivity index (χ1n) is 6.02. The fourth-order valence-electron chi connectivity index (χ4n) is 2.66. The van der Waals surface area contributed by atoms with Gasteiger partial charge in [0.2, 0.25) is 0 Å². The zero-order chi connectivity index (χ0) is 13.3. The molecular weight excluding hydrogens is 243 g/mol. The molecule has 0 aliphatic heterocycles. The Kier molecular flexibility index (Phi) is 3.52. The monoisotopic (exact) mass is 259 g/mol. The molecule has 100 valence electrons. The lowest BCUT2D eigenvalue weighted by Crippen LogP contribution is -2.45. The number of hydrogen-bond acceptors (Lipinski definition) is 2. The van der Waals surface area contributed by atoms with Crippen molar-refractivity contribution in [2.24, 2.45) is 11.7 Å². The fraction of sp³-hybridized carbons (Fsp3) is 0.538. The number of hydrogen-bond donors (Lipinski definition) is 1. The maximum absolute atomic E-state index is 12.1. The van der Waals surface area contributed by atoms with Crippen LogP contribution in [0.2, 0.25) is 0 Å². The van der Waals surface area contributed by atoms with Crippen LogP contribution < -0.4 is 10.5 Å². The van der Waals surface area contributed by atoms with Crippen LogP contribution >= 0.6 is 0 Å². The number of benzene rings is 1. The van der Waals surface area contributed by atoms with Gasteiger partial charge in [0.15, 0.2) is 0 Å². The summed E-state index contributed by atoms with van der Waals surface area (Å²) in [7, 11) is 0. The highest BCUT2D eigenvalue weighted by atomic mass is 19.4. The third-order valence-corrected chi connectivity index (χ3v) is 3.58. The van der Waals surface area contributed by atoms with E-state index < -0.39 is 6.36 Å². The molecule has 1 aliphatic carbocycles. The number of halogens is 3. The minimum atomic E-state index is -4.64. The van der Waals surface area contributed by atoms with Crippen LogP contribution in [0.4, 0.5) is 13.2 Å². The van der Waals surface area contributed by atoms with Crippen molar-refractivity contribution in [3.8, 4) is 5.75 Å². The van der Waals surface area contributed by atoms with Gasteiger partial charge in [-0.2, -0.15) is 0 Å². The predicted molar refractivity (Wildman–Crippen MR) is 62.2 cm³/mol. The van der Waals surface area contributed by atoms with E-state index in [1.165, 1.54) is 12.1 Å². The van der Waals surface area contributed by atoms with E-state index in [0.717, 1.165) is 18.4 Å². The highest BCUT2D eigenvalue weighted by molar-refractivity contribution is 5.33. The Hall–Kier alpha value is -1.23. The number of alkyl halides is 3. The second-order valence-electron chi connectivity index (χ2n) is 4.70. The van der Waals surface area contributed by atoms with Gasteiger partial charge in [-0.15, -0.1) is 13.2 Å². The maximum atomic E-state index is 12.1. The van der Waals surface area contributed by atoms with Gasteiger partial charge in [-0.25, -0.2) is 0 Å². The van der Waals surface area contributed by atoms with E-state index in [9.17, 15) is 13.2 Å². The van der Waals surface area contributed by atoms with Crippen molar-refractivity contribution in [1.82, 2.24) is 0 Å². The first-order chi connectivity index (χ1) is 8.40. The molecule has 0 saturated heterocycles. The standard InChI is InChI=1S/C13H16F3NO/c1-2-10-11(7-12(10)17)8-4-3-5-9(6-8)18-13(14,15)16/h3-6,10-12H,2,7,17H2,1H3. The molecule has 2 rings (SSSR count). The van der Waals surface area contributed by atoms with Crippen LogP contribution in [0.1, 0.15) is 31.2 Å². The van der Waals surface area contributed by atoms with Crippen LogP contribution in [0.5, 0.6) is 5.75 Å². The van der Waals surface area contributed by atoms with Gasteiger partial charge in [0.05, 0.1) is 0 Å². The highest BCUT2D eigenvalue weighted by Gasteiger charge is 2.38. The summed E-state index contributed by atoms with van der Waals surface area (Å²) in [5, 5.41) is 0. The van der Waals surface area contributed by atoms with Gasteiger partial charge in [0.25, 0.3) is 0 Å². The van der Waals surface area contributed by atoms with E-state index in [0.29, 0.717) is 5.92 Å². The summed E-state index contributed by atoms with van der Waals surface area (Å²) >= 11 is 0. The summed E-state index contributed by atoms with van der Waals surface area (Å²) in [6.45, 7) is 2.05. The number of rotatable bonds is 3. The van der Waals surface area contributed by atoms with E-state index in [1.807, 2.05) is 13.0 Å². The van der Waals surface area contributed by atoms with Crippen molar-refractivity contribution < 1.29 is 17.9 Å². The summed E-state index contributed by atoms with van der Waals surface area (Å²) in [6.07, 6.45) is -2.87. The van der Waals surface area contributed by atoms with Crippen LogP contribution in [0, 0.1) is 5.92 Å². The van der Waals surface area contributed by atoms with E-state index >= 15 is 0 Å². The minimum absolute atomic E-state index is 0.157. The molecule has 2 nitrogen and oxygen atoms in total. The number of nitrogens with two attached hydrogens (primary N) is 1. The molecule has 0 aromatic heterocycles. The molecule has 1 aromatic carbocycles. The van der Waals surface area contributed by atoms with Crippen molar-refractivity contribution in [2.75, 3.05) is 0 Å². The molecule has 3 unspecified atom stereocenters. The predicted octanol–water partition coefficient (Wildman–Crippen LogP) is 3.43. The van der Waals surface area contributed by atoms with Gasteiger partial charge in [0, 0.05) is 6.04 Å². The molecule has 2 N–H and O–H groups in total. The van der Waals surface area contributed by atoms with E-state index in [1.54, 1.807) is 6.07 Å². The normalized spacial score (nSPS) is 27.7. The smallest absolute Gasteiger partial charge is 0.406 e. The summed E-state index contributed by atoms with van der Waals surface area (Å²) in [4.78, 5) is 0. The lowest BCUT2D eigenvalue weighted by Gasteiger charge is -2.42. The second kappa shape index (κ2) is 4.80. The summed E-state index contributed by atoms with van der Waals surface area (Å²) in [5.41, 5.74) is 6.77. The molecule has 0 heterocycles. The van der Waals surface area contributed by atoms with Crippen LogP contribution in [0.25, 0.3) is 0 Å². The zero-order valence-corrected chi connectivity index (χ0v) is 10.1. The van der Waals surface area contributed by atoms with Crippen LogP contribution in [0.3, 0.4) is 0 Å². The molecule has 1 aromatic rings. The summed E-state index contributed by atoms with van der Waals surface area (Å²) in [6, 6.07) is 6.37. The average Bonchev–Trinajstić information content (AvgIpc) is 2.24. The molecule has 1 aliphatic rings. The third kappa shape index (κ3) is 2.77. The molecule has 0 amide bonds. The van der Waals surface area contributed by atoms with E-state index in [-0.39, 0.29) is 17.7 Å². The second-order valence-corrected chi connectivity index (χ2v) is 4.70. The summed E-state index contributed by atoms with van der Waals surface area (Å²) < 4.78 is 40.3.